The zero-order chi connectivity index (χ0) is 11.5. The molecule has 1 aliphatic heterocycles. The molecule has 1 atom stereocenters. The van der Waals surface area contributed by atoms with Crippen LogP contribution in [0.4, 0.5) is 0 Å². The van der Waals surface area contributed by atoms with Crippen LogP contribution in [-0.4, -0.2) is 41.4 Å². The minimum absolute atomic E-state index is 0.803. The van der Waals surface area contributed by atoms with Crippen LogP contribution in [0.2, 0.25) is 0 Å². The van der Waals surface area contributed by atoms with Crippen molar-refractivity contribution in [1.29, 1.82) is 0 Å². The van der Waals surface area contributed by atoms with Gasteiger partial charge in [-0.2, -0.15) is 5.10 Å². The van der Waals surface area contributed by atoms with Crippen LogP contribution >= 0.6 is 15.9 Å². The Morgan fingerprint density at radius 2 is 2.44 bits per heavy atom. The second kappa shape index (κ2) is 5.29. The van der Waals surface area contributed by atoms with Gasteiger partial charge in [-0.05, 0) is 48.4 Å². The topological polar surface area (TPSA) is 33.1 Å². The third kappa shape index (κ3) is 2.64. The summed E-state index contributed by atoms with van der Waals surface area (Å²) in [6, 6.07) is 0. The molecule has 1 N–H and O–H groups in total. The van der Waals surface area contributed by atoms with E-state index in [4.69, 9.17) is 0 Å². The van der Waals surface area contributed by atoms with Crippen molar-refractivity contribution in [3.63, 3.8) is 0 Å². The summed E-state index contributed by atoms with van der Waals surface area (Å²) in [5.41, 5.74) is 1.27. The van der Waals surface area contributed by atoms with Crippen molar-refractivity contribution in [3.8, 4) is 0 Å². The molecule has 0 amide bonds. The molecule has 5 heteroatoms. The summed E-state index contributed by atoms with van der Waals surface area (Å²) >= 11 is 3.55. The first-order valence-corrected chi connectivity index (χ1v) is 6.53. The molecule has 1 fully saturated rings. The first-order valence-electron chi connectivity index (χ1n) is 5.74. The first-order chi connectivity index (χ1) is 7.70. The number of rotatable bonds is 4. The zero-order valence-corrected chi connectivity index (χ0v) is 11.5. The number of hydrogen-bond donors (Lipinski definition) is 1. The molecule has 1 aromatic rings. The lowest BCUT2D eigenvalue weighted by Gasteiger charge is -2.16. The second-order valence-electron chi connectivity index (χ2n) is 4.51. The van der Waals surface area contributed by atoms with E-state index < -0.39 is 0 Å². The Bertz CT molecular complexity index is 330. The van der Waals surface area contributed by atoms with Crippen LogP contribution in [0.1, 0.15) is 12.1 Å². The van der Waals surface area contributed by atoms with Crippen molar-refractivity contribution in [2.45, 2.75) is 13.0 Å². The van der Waals surface area contributed by atoms with Crippen molar-refractivity contribution in [2.24, 2.45) is 13.0 Å². The Labute approximate surface area is 105 Å². The molecule has 0 bridgehead atoms. The highest BCUT2D eigenvalue weighted by atomic mass is 79.9. The maximum absolute atomic E-state index is 4.24. The number of aromatic nitrogens is 2. The Kier molecular flexibility index (Phi) is 4.00. The van der Waals surface area contributed by atoms with E-state index in [1.54, 1.807) is 0 Å². The standard InChI is InChI=1S/C11H19BrN4/c1-13-5-9-3-4-16(7-9)8-11-10(12)6-14-15(11)2/h6,9,13H,3-5,7-8H2,1-2H3. The van der Waals surface area contributed by atoms with Crippen LogP contribution in [0, 0.1) is 5.92 Å². The maximum Gasteiger partial charge on any atom is 0.0663 e. The zero-order valence-electron chi connectivity index (χ0n) is 9.91. The van der Waals surface area contributed by atoms with Gasteiger partial charge in [-0.15, -0.1) is 0 Å². The molecule has 1 unspecified atom stereocenters. The van der Waals surface area contributed by atoms with Gasteiger partial charge in [-0.1, -0.05) is 0 Å². The van der Waals surface area contributed by atoms with Crippen LogP contribution in [0.5, 0.6) is 0 Å². The van der Waals surface area contributed by atoms with Crippen LogP contribution in [0.25, 0.3) is 0 Å². The Hall–Kier alpha value is -0.390. The summed E-state index contributed by atoms with van der Waals surface area (Å²) in [5.74, 6) is 0.803. The van der Waals surface area contributed by atoms with Gasteiger partial charge in [0.25, 0.3) is 0 Å². The first kappa shape index (κ1) is 12.1. The van der Waals surface area contributed by atoms with E-state index in [0.29, 0.717) is 0 Å². The lowest BCUT2D eigenvalue weighted by molar-refractivity contribution is 0.306. The fraction of sp³-hybridized carbons (Fsp3) is 0.727. The molecular formula is C11H19BrN4. The molecule has 2 rings (SSSR count). The van der Waals surface area contributed by atoms with E-state index in [2.05, 4.69) is 31.2 Å². The van der Waals surface area contributed by atoms with Crippen molar-refractivity contribution < 1.29 is 0 Å². The van der Waals surface area contributed by atoms with Crippen molar-refractivity contribution >= 4 is 15.9 Å². The summed E-state index contributed by atoms with van der Waals surface area (Å²) < 4.78 is 3.07. The normalized spacial score (nSPS) is 21.8. The Morgan fingerprint density at radius 3 is 3.06 bits per heavy atom. The lowest BCUT2D eigenvalue weighted by atomic mass is 10.1. The highest BCUT2D eigenvalue weighted by molar-refractivity contribution is 9.10. The van der Waals surface area contributed by atoms with Crippen molar-refractivity contribution in [1.82, 2.24) is 20.0 Å². The van der Waals surface area contributed by atoms with E-state index in [0.717, 1.165) is 23.5 Å². The minimum Gasteiger partial charge on any atom is -0.319 e. The summed E-state index contributed by atoms with van der Waals surface area (Å²) in [6.07, 6.45) is 3.17. The number of aryl methyl sites for hydroxylation is 1. The van der Waals surface area contributed by atoms with Gasteiger partial charge >= 0.3 is 0 Å². The number of hydrogen-bond acceptors (Lipinski definition) is 3. The molecule has 2 heterocycles. The summed E-state index contributed by atoms with van der Waals surface area (Å²) in [7, 11) is 4.03. The van der Waals surface area contributed by atoms with Gasteiger partial charge in [0.05, 0.1) is 16.4 Å². The lowest BCUT2D eigenvalue weighted by Crippen LogP contribution is -2.25. The second-order valence-corrected chi connectivity index (χ2v) is 5.36. The van der Waals surface area contributed by atoms with Gasteiger partial charge < -0.3 is 5.32 Å². The third-order valence-corrected chi connectivity index (χ3v) is 3.91. The van der Waals surface area contributed by atoms with E-state index in [1.165, 1.54) is 25.2 Å². The van der Waals surface area contributed by atoms with Gasteiger partial charge in [-0.3, -0.25) is 9.58 Å². The smallest absolute Gasteiger partial charge is 0.0663 e. The molecule has 0 aliphatic carbocycles. The van der Waals surface area contributed by atoms with Crippen LogP contribution < -0.4 is 5.32 Å². The summed E-state index contributed by atoms with van der Waals surface area (Å²) in [4.78, 5) is 2.50. The minimum atomic E-state index is 0.803. The van der Waals surface area contributed by atoms with E-state index in [9.17, 15) is 0 Å². The van der Waals surface area contributed by atoms with Crippen LogP contribution in [0.15, 0.2) is 10.7 Å². The molecule has 0 radical (unpaired) electrons. The van der Waals surface area contributed by atoms with Crippen molar-refractivity contribution in [2.75, 3.05) is 26.7 Å². The van der Waals surface area contributed by atoms with Crippen LogP contribution in [-0.2, 0) is 13.6 Å². The third-order valence-electron chi connectivity index (χ3n) is 3.25. The van der Waals surface area contributed by atoms with E-state index in [1.807, 2.05) is 25.0 Å². The SMILES string of the molecule is CNCC1CCN(Cc2c(Br)cnn2C)C1. The fourth-order valence-electron chi connectivity index (χ4n) is 2.34. The van der Waals surface area contributed by atoms with Gasteiger partial charge in [-0.25, -0.2) is 0 Å². The number of halogens is 1. The predicted octanol–water partition coefficient (Wildman–Crippen LogP) is 1.22. The molecule has 90 valence electrons. The van der Waals surface area contributed by atoms with E-state index in [-0.39, 0.29) is 0 Å². The quantitative estimate of drug-likeness (QED) is 0.904. The molecule has 0 aromatic carbocycles. The average molecular weight is 287 g/mol. The largest absolute Gasteiger partial charge is 0.319 e. The molecule has 0 spiro atoms. The molecular weight excluding hydrogens is 268 g/mol. The monoisotopic (exact) mass is 286 g/mol. The molecule has 0 saturated carbocycles. The number of nitrogens with zero attached hydrogens (tertiary/aromatic N) is 3. The maximum atomic E-state index is 4.24. The molecule has 16 heavy (non-hydrogen) atoms. The Balaban J connectivity index is 1.92. The van der Waals surface area contributed by atoms with E-state index >= 15 is 0 Å². The summed E-state index contributed by atoms with van der Waals surface area (Å²) in [6.45, 7) is 4.52. The highest BCUT2D eigenvalue weighted by Crippen LogP contribution is 2.21. The molecule has 1 saturated heterocycles. The van der Waals surface area contributed by atoms with Crippen molar-refractivity contribution in [3.05, 3.63) is 16.4 Å². The van der Waals surface area contributed by atoms with Crippen LogP contribution in [0.3, 0.4) is 0 Å². The molecule has 4 nitrogen and oxygen atoms in total. The fourth-order valence-corrected chi connectivity index (χ4v) is 2.81. The number of likely N-dealkylation sites (tertiary alicyclic amines) is 1. The number of nitrogens with one attached hydrogen (secondary N) is 1. The van der Waals surface area contributed by atoms with Gasteiger partial charge in [0.2, 0.25) is 0 Å². The predicted molar refractivity (Wildman–Crippen MR) is 68.2 cm³/mol. The van der Waals surface area contributed by atoms with Gasteiger partial charge in [0.15, 0.2) is 0 Å². The highest BCUT2D eigenvalue weighted by Gasteiger charge is 2.23. The molecule has 1 aliphatic rings. The average Bonchev–Trinajstić information content (AvgIpc) is 2.81. The Morgan fingerprint density at radius 1 is 1.62 bits per heavy atom. The van der Waals surface area contributed by atoms with Gasteiger partial charge in [0, 0.05) is 20.1 Å². The molecule has 1 aromatic heterocycles. The van der Waals surface area contributed by atoms with Gasteiger partial charge in [0.1, 0.15) is 0 Å². The summed E-state index contributed by atoms with van der Waals surface area (Å²) in [5, 5.41) is 7.50.